The van der Waals surface area contributed by atoms with Gasteiger partial charge in [0.15, 0.2) is 5.65 Å². The van der Waals surface area contributed by atoms with Crippen molar-refractivity contribution in [2.75, 3.05) is 5.32 Å². The number of rotatable bonds is 4. The predicted molar refractivity (Wildman–Crippen MR) is 119 cm³/mol. The summed E-state index contributed by atoms with van der Waals surface area (Å²) in [7, 11) is 0. The van der Waals surface area contributed by atoms with Crippen LogP contribution in [0.5, 0.6) is 0 Å². The Balaban J connectivity index is 1.44. The van der Waals surface area contributed by atoms with Crippen LogP contribution in [-0.2, 0) is 0 Å². The van der Waals surface area contributed by atoms with Crippen molar-refractivity contribution in [3.63, 3.8) is 0 Å². The lowest BCUT2D eigenvalue weighted by molar-refractivity contribution is 0.112. The van der Waals surface area contributed by atoms with E-state index in [0.717, 1.165) is 23.1 Å². The molecule has 32 heavy (non-hydrogen) atoms. The second kappa shape index (κ2) is 8.45. The number of fused-ring (bicyclic) bond motifs is 1. The van der Waals surface area contributed by atoms with E-state index >= 15 is 0 Å². The Labute approximate surface area is 183 Å². The average molecular weight is 417 g/mol. The zero-order valence-electron chi connectivity index (χ0n) is 16.7. The van der Waals surface area contributed by atoms with E-state index in [1.807, 2.05) is 36.4 Å². The Morgan fingerprint density at radius 3 is 2.53 bits per heavy atom. The number of hydrogen-bond acceptors (Lipinski definition) is 7. The SMILES string of the molecule is O=Cc1ccc(-c2ccc3ncc(C#Cc4ccnc(Nc5ncccn5)c4)n3n2)cc1. The van der Waals surface area contributed by atoms with Crippen LogP contribution in [0.4, 0.5) is 11.8 Å². The van der Waals surface area contributed by atoms with Gasteiger partial charge in [-0.15, -0.1) is 0 Å². The quantitative estimate of drug-likeness (QED) is 0.353. The summed E-state index contributed by atoms with van der Waals surface area (Å²) in [6.45, 7) is 0. The van der Waals surface area contributed by atoms with E-state index in [9.17, 15) is 4.79 Å². The third-order valence-electron chi connectivity index (χ3n) is 4.61. The van der Waals surface area contributed by atoms with Gasteiger partial charge in [-0.3, -0.25) is 4.79 Å². The highest BCUT2D eigenvalue weighted by atomic mass is 16.1. The van der Waals surface area contributed by atoms with E-state index in [1.54, 1.807) is 47.5 Å². The topological polar surface area (TPSA) is 98.0 Å². The molecule has 4 aromatic heterocycles. The van der Waals surface area contributed by atoms with Crippen LogP contribution < -0.4 is 5.32 Å². The number of carbonyl (C=O) groups excluding carboxylic acids is 1. The number of aldehydes is 1. The molecule has 0 amide bonds. The summed E-state index contributed by atoms with van der Waals surface area (Å²) in [6.07, 6.45) is 7.48. The number of pyridine rings is 1. The van der Waals surface area contributed by atoms with Crippen LogP contribution in [-0.4, -0.2) is 35.8 Å². The van der Waals surface area contributed by atoms with Crippen LogP contribution in [0.3, 0.4) is 0 Å². The lowest BCUT2D eigenvalue weighted by Gasteiger charge is -2.03. The minimum Gasteiger partial charge on any atom is -0.309 e. The molecule has 8 heteroatoms. The van der Waals surface area contributed by atoms with Crippen molar-refractivity contribution >= 4 is 23.7 Å². The fourth-order valence-corrected chi connectivity index (χ4v) is 3.04. The van der Waals surface area contributed by atoms with E-state index in [1.165, 1.54) is 0 Å². The molecule has 0 unspecified atom stereocenters. The molecule has 0 spiro atoms. The Bertz CT molecular complexity index is 1470. The number of benzene rings is 1. The Morgan fingerprint density at radius 2 is 1.72 bits per heavy atom. The molecule has 5 aromatic rings. The van der Waals surface area contributed by atoms with Gasteiger partial charge >= 0.3 is 0 Å². The van der Waals surface area contributed by atoms with Crippen molar-refractivity contribution in [2.24, 2.45) is 0 Å². The molecular weight excluding hydrogens is 402 g/mol. The van der Waals surface area contributed by atoms with Crippen molar-refractivity contribution in [2.45, 2.75) is 0 Å². The maximum atomic E-state index is 10.9. The second-order valence-corrected chi connectivity index (χ2v) is 6.75. The van der Waals surface area contributed by atoms with E-state index < -0.39 is 0 Å². The summed E-state index contributed by atoms with van der Waals surface area (Å²) in [5, 5.41) is 7.72. The third kappa shape index (κ3) is 4.04. The summed E-state index contributed by atoms with van der Waals surface area (Å²) >= 11 is 0. The van der Waals surface area contributed by atoms with Crippen molar-refractivity contribution in [1.29, 1.82) is 0 Å². The smallest absolute Gasteiger partial charge is 0.228 e. The molecule has 1 aromatic carbocycles. The second-order valence-electron chi connectivity index (χ2n) is 6.75. The van der Waals surface area contributed by atoms with Gasteiger partial charge in [-0.1, -0.05) is 30.2 Å². The van der Waals surface area contributed by atoms with Gasteiger partial charge in [0.1, 0.15) is 17.8 Å². The average Bonchev–Trinajstić information content (AvgIpc) is 3.26. The normalized spacial score (nSPS) is 10.4. The number of carbonyl (C=O) groups is 1. The third-order valence-corrected chi connectivity index (χ3v) is 4.61. The molecule has 0 bridgehead atoms. The fraction of sp³-hybridized carbons (Fsp3) is 0. The van der Waals surface area contributed by atoms with Gasteiger partial charge in [-0.05, 0) is 36.3 Å². The van der Waals surface area contributed by atoms with Crippen molar-refractivity contribution in [3.8, 4) is 23.1 Å². The first-order valence-electron chi connectivity index (χ1n) is 9.71. The monoisotopic (exact) mass is 417 g/mol. The predicted octanol–water partition coefficient (Wildman–Crippen LogP) is 3.54. The molecule has 5 rings (SSSR count). The van der Waals surface area contributed by atoms with Crippen molar-refractivity contribution < 1.29 is 4.79 Å². The van der Waals surface area contributed by atoms with Gasteiger partial charge in [0.25, 0.3) is 0 Å². The molecule has 0 aliphatic heterocycles. The lowest BCUT2D eigenvalue weighted by atomic mass is 10.1. The van der Waals surface area contributed by atoms with Crippen molar-refractivity contribution in [1.82, 2.24) is 29.5 Å². The first-order chi connectivity index (χ1) is 15.8. The molecule has 1 N–H and O–H groups in total. The van der Waals surface area contributed by atoms with E-state index in [-0.39, 0.29) is 0 Å². The van der Waals surface area contributed by atoms with Crippen LogP contribution in [0.25, 0.3) is 16.9 Å². The number of nitrogens with zero attached hydrogens (tertiary/aromatic N) is 6. The zero-order chi connectivity index (χ0) is 21.8. The molecule has 0 aliphatic carbocycles. The maximum Gasteiger partial charge on any atom is 0.228 e. The van der Waals surface area contributed by atoms with E-state index in [4.69, 9.17) is 0 Å². The number of anilines is 2. The standard InChI is InChI=1S/C24H15N7O/c32-16-18-2-5-19(6-3-18)21-8-9-23-28-15-20(31(23)30-21)7-4-17-10-13-25-22(14-17)29-24-26-11-1-12-27-24/h1-3,5-6,8-16H,(H,25,26,27,29). The largest absolute Gasteiger partial charge is 0.309 e. The fourth-order valence-electron chi connectivity index (χ4n) is 3.04. The van der Waals surface area contributed by atoms with Gasteiger partial charge in [0.05, 0.1) is 11.9 Å². The van der Waals surface area contributed by atoms with Crippen LogP contribution in [0.15, 0.2) is 79.4 Å². The molecule has 4 heterocycles. The number of aromatic nitrogens is 6. The van der Waals surface area contributed by atoms with Gasteiger partial charge in [-0.25, -0.2) is 24.5 Å². The van der Waals surface area contributed by atoms with Crippen LogP contribution in [0.2, 0.25) is 0 Å². The van der Waals surface area contributed by atoms with Crippen molar-refractivity contribution in [3.05, 3.63) is 96.2 Å². The molecule has 8 nitrogen and oxygen atoms in total. The number of nitrogens with one attached hydrogen (secondary N) is 1. The highest BCUT2D eigenvalue weighted by molar-refractivity contribution is 5.76. The molecule has 0 saturated heterocycles. The number of hydrogen-bond donors (Lipinski definition) is 1. The van der Waals surface area contributed by atoms with E-state index in [0.29, 0.717) is 28.7 Å². The molecular formula is C24H15N7O. The Morgan fingerprint density at radius 1 is 0.875 bits per heavy atom. The molecule has 152 valence electrons. The molecule has 0 fully saturated rings. The minimum absolute atomic E-state index is 0.463. The van der Waals surface area contributed by atoms with Gasteiger partial charge in [0, 0.05) is 35.3 Å². The van der Waals surface area contributed by atoms with Crippen LogP contribution in [0, 0.1) is 11.8 Å². The van der Waals surface area contributed by atoms with Gasteiger partial charge in [0.2, 0.25) is 5.95 Å². The van der Waals surface area contributed by atoms with Crippen LogP contribution >= 0.6 is 0 Å². The Kier molecular flexibility index (Phi) is 5.04. The zero-order valence-corrected chi connectivity index (χ0v) is 16.7. The summed E-state index contributed by atoms with van der Waals surface area (Å²) in [5.41, 5.74) is 4.40. The number of imidazole rings is 1. The Hall–Kier alpha value is -4.90. The maximum absolute atomic E-state index is 10.9. The van der Waals surface area contributed by atoms with E-state index in [2.05, 4.69) is 42.2 Å². The summed E-state index contributed by atoms with van der Waals surface area (Å²) < 4.78 is 1.70. The lowest BCUT2D eigenvalue weighted by Crippen LogP contribution is -1.98. The molecule has 0 aliphatic rings. The molecule has 0 radical (unpaired) electrons. The first-order valence-corrected chi connectivity index (χ1v) is 9.71. The molecule has 0 saturated carbocycles. The summed E-state index contributed by atoms with van der Waals surface area (Å²) in [4.78, 5) is 27.8. The summed E-state index contributed by atoms with van der Waals surface area (Å²) in [5.74, 6) is 7.32. The van der Waals surface area contributed by atoms with Gasteiger partial charge in [-0.2, -0.15) is 5.10 Å². The minimum atomic E-state index is 0.463. The summed E-state index contributed by atoms with van der Waals surface area (Å²) in [6, 6.07) is 16.4. The highest BCUT2D eigenvalue weighted by Crippen LogP contribution is 2.18. The van der Waals surface area contributed by atoms with Gasteiger partial charge < -0.3 is 5.32 Å². The molecule has 0 atom stereocenters. The first kappa shape index (κ1) is 19.1. The van der Waals surface area contributed by atoms with Crippen LogP contribution in [0.1, 0.15) is 21.6 Å². The highest BCUT2D eigenvalue weighted by Gasteiger charge is 2.06.